The molecule has 0 aliphatic heterocycles. The fourth-order valence-corrected chi connectivity index (χ4v) is 2.90. The van der Waals surface area contributed by atoms with Crippen LogP contribution >= 0.6 is 0 Å². The Hall–Kier alpha value is -4.14. The molecule has 0 aliphatic carbocycles. The van der Waals surface area contributed by atoms with Gasteiger partial charge < -0.3 is 10.6 Å². The summed E-state index contributed by atoms with van der Waals surface area (Å²) in [6.07, 6.45) is 7.96. The van der Waals surface area contributed by atoms with Gasteiger partial charge in [0.15, 0.2) is 5.69 Å². The second-order valence-electron chi connectivity index (χ2n) is 6.77. The molecule has 0 saturated heterocycles. The van der Waals surface area contributed by atoms with Crippen molar-refractivity contribution in [2.24, 2.45) is 0 Å². The summed E-state index contributed by atoms with van der Waals surface area (Å²) in [7, 11) is 0. The Labute approximate surface area is 173 Å². The van der Waals surface area contributed by atoms with Crippen molar-refractivity contribution in [3.8, 4) is 11.4 Å². The number of nitrogens with one attached hydrogen (secondary N) is 2. The smallest absolute Gasteiger partial charge is 0.277 e. The molecule has 4 aromatic heterocycles. The highest BCUT2D eigenvalue weighted by molar-refractivity contribution is 6.06. The van der Waals surface area contributed by atoms with Crippen LogP contribution in [-0.4, -0.2) is 35.6 Å². The molecule has 4 rings (SSSR count). The minimum atomic E-state index is -0.357. The summed E-state index contributed by atoms with van der Waals surface area (Å²) in [5.41, 5.74) is 2.86. The van der Waals surface area contributed by atoms with Gasteiger partial charge in [-0.1, -0.05) is 6.07 Å². The normalized spacial score (nSPS) is 10.8. The number of nitrogens with zero attached hydrogens (tertiary/aromatic N) is 6. The molecule has 9 heteroatoms. The van der Waals surface area contributed by atoms with Crippen LogP contribution in [0.3, 0.4) is 0 Å². The van der Waals surface area contributed by atoms with E-state index in [1.54, 1.807) is 47.7 Å². The van der Waals surface area contributed by atoms with E-state index < -0.39 is 0 Å². The average molecular weight is 400 g/mol. The van der Waals surface area contributed by atoms with Crippen LogP contribution in [0.1, 0.15) is 30.4 Å². The molecule has 0 aromatic carbocycles. The fraction of sp³-hybridized carbons (Fsp3) is 0.143. The van der Waals surface area contributed by atoms with Crippen molar-refractivity contribution >= 4 is 23.1 Å². The van der Waals surface area contributed by atoms with Crippen LogP contribution in [-0.2, 0) is 0 Å². The largest absolute Gasteiger partial charge is 0.351 e. The summed E-state index contributed by atoms with van der Waals surface area (Å²) in [5.74, 6) is 0.208. The Morgan fingerprint density at radius 1 is 1.00 bits per heavy atom. The van der Waals surface area contributed by atoms with Gasteiger partial charge in [0.2, 0.25) is 0 Å². The van der Waals surface area contributed by atoms with Crippen LogP contribution < -0.4 is 10.6 Å². The molecular weight excluding hydrogens is 380 g/mol. The van der Waals surface area contributed by atoms with Gasteiger partial charge in [0.25, 0.3) is 5.91 Å². The maximum Gasteiger partial charge on any atom is 0.277 e. The zero-order chi connectivity index (χ0) is 20.9. The van der Waals surface area contributed by atoms with Crippen molar-refractivity contribution in [1.29, 1.82) is 0 Å². The molecule has 2 N–H and O–H groups in total. The molecule has 30 heavy (non-hydrogen) atoms. The highest BCUT2D eigenvalue weighted by atomic mass is 16.2. The molecule has 150 valence electrons. The van der Waals surface area contributed by atoms with Gasteiger partial charge >= 0.3 is 0 Å². The van der Waals surface area contributed by atoms with E-state index in [0.29, 0.717) is 22.9 Å². The third-order valence-corrected chi connectivity index (χ3v) is 4.26. The maximum atomic E-state index is 13.0. The molecule has 0 aliphatic rings. The maximum absolute atomic E-state index is 13.0. The van der Waals surface area contributed by atoms with Crippen molar-refractivity contribution in [2.45, 2.75) is 19.9 Å². The first-order chi connectivity index (χ1) is 14.6. The SMILES string of the molecule is CC(C)n1nc(-c2ccccn2)cc1NC(=O)c1ncccc1Nc1cncnc1. The third-order valence-electron chi connectivity index (χ3n) is 4.26. The Balaban J connectivity index is 1.62. The van der Waals surface area contributed by atoms with Gasteiger partial charge in [0, 0.05) is 24.5 Å². The fourth-order valence-electron chi connectivity index (χ4n) is 2.90. The minimum Gasteiger partial charge on any atom is -0.351 e. The van der Waals surface area contributed by atoms with Crippen LogP contribution in [0, 0.1) is 0 Å². The first kappa shape index (κ1) is 19.2. The quantitative estimate of drug-likeness (QED) is 0.507. The number of rotatable bonds is 6. The Kier molecular flexibility index (Phi) is 5.42. The zero-order valence-electron chi connectivity index (χ0n) is 16.5. The highest BCUT2D eigenvalue weighted by Gasteiger charge is 2.18. The monoisotopic (exact) mass is 400 g/mol. The molecule has 4 aromatic rings. The number of pyridine rings is 2. The second kappa shape index (κ2) is 8.48. The van der Waals surface area contributed by atoms with Crippen molar-refractivity contribution in [2.75, 3.05) is 10.6 Å². The lowest BCUT2D eigenvalue weighted by Crippen LogP contribution is -2.19. The molecular formula is C21H20N8O. The molecule has 0 atom stereocenters. The van der Waals surface area contributed by atoms with Gasteiger partial charge in [0.05, 0.1) is 29.5 Å². The van der Waals surface area contributed by atoms with Gasteiger partial charge in [-0.25, -0.2) is 19.6 Å². The van der Waals surface area contributed by atoms with E-state index in [2.05, 4.69) is 35.7 Å². The number of anilines is 3. The summed E-state index contributed by atoms with van der Waals surface area (Å²) in [5, 5.41) is 10.7. The molecule has 0 spiro atoms. The molecule has 0 radical (unpaired) electrons. The predicted octanol–water partition coefficient (Wildman–Crippen LogP) is 3.71. The second-order valence-corrected chi connectivity index (χ2v) is 6.77. The summed E-state index contributed by atoms with van der Waals surface area (Å²) < 4.78 is 1.75. The number of amides is 1. The number of carbonyl (C=O) groups is 1. The molecule has 9 nitrogen and oxygen atoms in total. The molecule has 0 fully saturated rings. The molecule has 0 bridgehead atoms. The predicted molar refractivity (Wildman–Crippen MR) is 113 cm³/mol. The van der Waals surface area contributed by atoms with E-state index in [9.17, 15) is 4.79 Å². The Morgan fingerprint density at radius 2 is 1.80 bits per heavy atom. The van der Waals surface area contributed by atoms with Crippen LogP contribution in [0.25, 0.3) is 11.4 Å². The van der Waals surface area contributed by atoms with Crippen LogP contribution in [0.2, 0.25) is 0 Å². The van der Waals surface area contributed by atoms with Crippen LogP contribution in [0.4, 0.5) is 17.2 Å². The molecule has 0 saturated carbocycles. The first-order valence-electron chi connectivity index (χ1n) is 9.41. The number of carbonyl (C=O) groups excluding carboxylic acids is 1. The number of hydrogen-bond donors (Lipinski definition) is 2. The molecule has 0 unspecified atom stereocenters. The van der Waals surface area contributed by atoms with Gasteiger partial charge in [0.1, 0.15) is 17.8 Å². The Bertz CT molecular complexity index is 1140. The van der Waals surface area contributed by atoms with Gasteiger partial charge in [-0.05, 0) is 38.1 Å². The summed E-state index contributed by atoms with van der Waals surface area (Å²) in [4.78, 5) is 29.6. The average Bonchev–Trinajstić information content (AvgIpc) is 3.19. The zero-order valence-corrected chi connectivity index (χ0v) is 16.5. The van der Waals surface area contributed by atoms with E-state index in [-0.39, 0.29) is 17.6 Å². The van der Waals surface area contributed by atoms with Gasteiger partial charge in [-0.2, -0.15) is 5.10 Å². The van der Waals surface area contributed by atoms with Crippen LogP contribution in [0.15, 0.2) is 67.5 Å². The van der Waals surface area contributed by atoms with E-state index in [0.717, 1.165) is 5.69 Å². The highest BCUT2D eigenvalue weighted by Crippen LogP contribution is 2.25. The van der Waals surface area contributed by atoms with E-state index in [1.165, 1.54) is 6.33 Å². The third kappa shape index (κ3) is 4.14. The van der Waals surface area contributed by atoms with Gasteiger partial charge in [-0.3, -0.25) is 9.78 Å². The van der Waals surface area contributed by atoms with Crippen molar-refractivity contribution in [3.63, 3.8) is 0 Å². The van der Waals surface area contributed by atoms with Crippen LogP contribution in [0.5, 0.6) is 0 Å². The lowest BCUT2D eigenvalue weighted by Gasteiger charge is -2.13. The topological polar surface area (TPSA) is 111 Å². The van der Waals surface area contributed by atoms with Gasteiger partial charge in [-0.15, -0.1) is 0 Å². The minimum absolute atomic E-state index is 0.0422. The van der Waals surface area contributed by atoms with E-state index in [1.807, 2.05) is 32.0 Å². The number of aromatic nitrogens is 6. The lowest BCUT2D eigenvalue weighted by molar-refractivity contribution is 0.102. The van der Waals surface area contributed by atoms with Crippen molar-refractivity contribution in [3.05, 3.63) is 73.2 Å². The molecule has 1 amide bonds. The molecule has 4 heterocycles. The number of hydrogen-bond acceptors (Lipinski definition) is 7. The summed E-state index contributed by atoms with van der Waals surface area (Å²) in [6, 6.07) is 11.0. The van der Waals surface area contributed by atoms with Crippen molar-refractivity contribution < 1.29 is 4.79 Å². The lowest BCUT2D eigenvalue weighted by atomic mass is 10.2. The first-order valence-corrected chi connectivity index (χ1v) is 9.41. The Morgan fingerprint density at radius 3 is 2.53 bits per heavy atom. The van der Waals surface area contributed by atoms with E-state index in [4.69, 9.17) is 0 Å². The summed E-state index contributed by atoms with van der Waals surface area (Å²) in [6.45, 7) is 3.99. The van der Waals surface area contributed by atoms with E-state index >= 15 is 0 Å². The standard InChI is InChI=1S/C21H20N8O/c1-14(2)29-19(10-18(28-29)16-6-3-4-8-24-16)27-21(30)20-17(7-5-9-25-20)26-15-11-22-13-23-12-15/h3-14,26H,1-2H3,(H,27,30). The summed E-state index contributed by atoms with van der Waals surface area (Å²) >= 11 is 0. The van der Waals surface area contributed by atoms with Crippen molar-refractivity contribution in [1.82, 2.24) is 29.7 Å².